The number of nitrogens with one attached hydrogen (secondary N) is 1. The first-order valence-corrected chi connectivity index (χ1v) is 5.68. The Bertz CT molecular complexity index is 337. The smallest absolute Gasteiger partial charge is 0.165 e. The average molecular weight is 225 g/mol. The Morgan fingerprint density at radius 3 is 2.69 bits per heavy atom. The molecule has 1 aromatic carbocycles. The maximum atomic E-state index is 13.5. The van der Waals surface area contributed by atoms with E-state index in [9.17, 15) is 4.39 Å². The average Bonchev–Trinajstić information content (AvgIpc) is 2.25. The molecule has 90 valence electrons. The second-order valence-electron chi connectivity index (χ2n) is 4.06. The van der Waals surface area contributed by atoms with Gasteiger partial charge < -0.3 is 10.1 Å². The molecule has 0 saturated carbocycles. The fourth-order valence-corrected chi connectivity index (χ4v) is 1.75. The predicted octanol–water partition coefficient (Wildman–Crippen LogP) is 2.90. The van der Waals surface area contributed by atoms with Crippen molar-refractivity contribution in [1.82, 2.24) is 5.32 Å². The van der Waals surface area contributed by atoms with Crippen molar-refractivity contribution in [3.05, 3.63) is 29.6 Å². The Labute approximate surface area is 96.8 Å². The largest absolute Gasteiger partial charge is 0.486 e. The Balaban J connectivity index is 2.75. The Morgan fingerprint density at radius 1 is 1.44 bits per heavy atom. The van der Waals surface area contributed by atoms with E-state index in [0.29, 0.717) is 5.75 Å². The van der Waals surface area contributed by atoms with E-state index in [-0.39, 0.29) is 18.0 Å². The van der Waals surface area contributed by atoms with Crippen LogP contribution < -0.4 is 10.1 Å². The van der Waals surface area contributed by atoms with Crippen molar-refractivity contribution in [2.45, 2.75) is 39.3 Å². The number of ether oxygens (including phenoxy) is 1. The maximum Gasteiger partial charge on any atom is 0.165 e. The summed E-state index contributed by atoms with van der Waals surface area (Å²) in [4.78, 5) is 0. The Hall–Kier alpha value is -1.09. The summed E-state index contributed by atoms with van der Waals surface area (Å²) in [6.45, 7) is 5.95. The van der Waals surface area contributed by atoms with Gasteiger partial charge in [0, 0.05) is 6.04 Å². The minimum Gasteiger partial charge on any atom is -0.486 e. The van der Waals surface area contributed by atoms with Crippen molar-refractivity contribution >= 4 is 0 Å². The fraction of sp³-hybridized carbons (Fsp3) is 0.538. The van der Waals surface area contributed by atoms with Gasteiger partial charge in [0.1, 0.15) is 6.10 Å². The summed E-state index contributed by atoms with van der Waals surface area (Å²) in [5.41, 5.74) is 1.00. The van der Waals surface area contributed by atoms with E-state index in [1.807, 2.05) is 20.9 Å². The normalized spacial score (nSPS) is 14.6. The Kier molecular flexibility index (Phi) is 4.74. The molecule has 0 bridgehead atoms. The van der Waals surface area contributed by atoms with Crippen LogP contribution in [-0.2, 0) is 0 Å². The van der Waals surface area contributed by atoms with Gasteiger partial charge in [0.2, 0.25) is 0 Å². The van der Waals surface area contributed by atoms with E-state index in [0.717, 1.165) is 12.0 Å². The standard InChI is InChI=1S/C13H20FNO/c1-5-12(15-4)10(3)16-13-8-9(2)6-7-11(13)14/h6-8,10,12,15H,5H2,1-4H3. The van der Waals surface area contributed by atoms with E-state index in [2.05, 4.69) is 12.2 Å². The predicted molar refractivity (Wildman–Crippen MR) is 64.4 cm³/mol. The lowest BCUT2D eigenvalue weighted by atomic mass is 10.1. The molecule has 0 spiro atoms. The zero-order chi connectivity index (χ0) is 12.1. The lowest BCUT2D eigenvalue weighted by molar-refractivity contribution is 0.165. The first kappa shape index (κ1) is 13.0. The van der Waals surface area contributed by atoms with Crippen molar-refractivity contribution in [1.29, 1.82) is 0 Å². The number of benzene rings is 1. The van der Waals surface area contributed by atoms with Gasteiger partial charge in [-0.2, -0.15) is 0 Å². The van der Waals surface area contributed by atoms with Gasteiger partial charge in [-0.05, 0) is 45.0 Å². The number of likely N-dealkylation sites (N-methyl/N-ethyl adjacent to an activating group) is 1. The monoisotopic (exact) mass is 225 g/mol. The van der Waals surface area contributed by atoms with Crippen LogP contribution >= 0.6 is 0 Å². The molecule has 2 unspecified atom stereocenters. The zero-order valence-electron chi connectivity index (χ0n) is 10.4. The molecular formula is C13H20FNO. The van der Waals surface area contributed by atoms with Crippen LogP contribution in [0.25, 0.3) is 0 Å². The highest BCUT2D eigenvalue weighted by Crippen LogP contribution is 2.20. The van der Waals surface area contributed by atoms with Crippen molar-refractivity contribution in [3.8, 4) is 5.75 Å². The summed E-state index contributed by atoms with van der Waals surface area (Å²) in [7, 11) is 1.89. The molecule has 0 heterocycles. The molecule has 2 nitrogen and oxygen atoms in total. The molecule has 0 aromatic heterocycles. The molecule has 0 aliphatic carbocycles. The van der Waals surface area contributed by atoms with Gasteiger partial charge in [-0.15, -0.1) is 0 Å². The van der Waals surface area contributed by atoms with Crippen molar-refractivity contribution in [3.63, 3.8) is 0 Å². The van der Waals surface area contributed by atoms with E-state index >= 15 is 0 Å². The first-order valence-electron chi connectivity index (χ1n) is 5.68. The number of halogens is 1. The van der Waals surface area contributed by atoms with Gasteiger partial charge in [-0.3, -0.25) is 0 Å². The quantitative estimate of drug-likeness (QED) is 0.832. The molecule has 3 heteroatoms. The van der Waals surface area contributed by atoms with Gasteiger partial charge in [0.25, 0.3) is 0 Å². The molecular weight excluding hydrogens is 205 g/mol. The summed E-state index contributed by atoms with van der Waals surface area (Å²) >= 11 is 0. The molecule has 16 heavy (non-hydrogen) atoms. The fourth-order valence-electron chi connectivity index (χ4n) is 1.75. The third kappa shape index (κ3) is 3.20. The van der Waals surface area contributed by atoms with Crippen LogP contribution in [-0.4, -0.2) is 19.2 Å². The molecule has 0 saturated heterocycles. The van der Waals surface area contributed by atoms with E-state index in [4.69, 9.17) is 4.74 Å². The molecule has 0 radical (unpaired) electrons. The summed E-state index contributed by atoms with van der Waals surface area (Å²) in [5, 5.41) is 3.16. The lowest BCUT2D eigenvalue weighted by Gasteiger charge is -2.23. The number of aryl methyl sites for hydroxylation is 1. The van der Waals surface area contributed by atoms with Crippen LogP contribution in [0.4, 0.5) is 4.39 Å². The number of hydrogen-bond acceptors (Lipinski definition) is 2. The summed E-state index contributed by atoms with van der Waals surface area (Å²) in [5.74, 6) is 0.0320. The molecule has 0 amide bonds. The highest BCUT2D eigenvalue weighted by Gasteiger charge is 2.16. The van der Waals surface area contributed by atoms with Gasteiger partial charge in [0.15, 0.2) is 11.6 Å². The second kappa shape index (κ2) is 5.85. The zero-order valence-corrected chi connectivity index (χ0v) is 10.4. The van der Waals surface area contributed by atoms with Crippen molar-refractivity contribution < 1.29 is 9.13 Å². The van der Waals surface area contributed by atoms with E-state index in [1.165, 1.54) is 6.07 Å². The number of hydrogen-bond donors (Lipinski definition) is 1. The van der Waals surface area contributed by atoms with Gasteiger partial charge in [-0.25, -0.2) is 4.39 Å². The first-order chi connectivity index (χ1) is 7.58. The van der Waals surface area contributed by atoms with E-state index < -0.39 is 0 Å². The molecule has 1 rings (SSSR count). The van der Waals surface area contributed by atoms with Gasteiger partial charge in [-0.1, -0.05) is 13.0 Å². The molecule has 1 aromatic rings. The van der Waals surface area contributed by atoms with Crippen molar-refractivity contribution in [2.75, 3.05) is 7.05 Å². The van der Waals surface area contributed by atoms with Crippen LogP contribution in [0.5, 0.6) is 5.75 Å². The molecule has 0 fully saturated rings. The number of rotatable bonds is 5. The van der Waals surface area contributed by atoms with Crippen LogP contribution in [0.3, 0.4) is 0 Å². The minimum absolute atomic E-state index is 0.0497. The van der Waals surface area contributed by atoms with Crippen LogP contribution in [0.15, 0.2) is 18.2 Å². The second-order valence-corrected chi connectivity index (χ2v) is 4.06. The van der Waals surface area contributed by atoms with Crippen molar-refractivity contribution in [2.24, 2.45) is 0 Å². The molecule has 2 atom stereocenters. The maximum absolute atomic E-state index is 13.5. The topological polar surface area (TPSA) is 21.3 Å². The van der Waals surface area contributed by atoms with Gasteiger partial charge >= 0.3 is 0 Å². The summed E-state index contributed by atoms with van der Waals surface area (Å²) < 4.78 is 19.1. The minimum atomic E-state index is -0.302. The third-order valence-electron chi connectivity index (χ3n) is 2.78. The van der Waals surface area contributed by atoms with Crippen LogP contribution in [0, 0.1) is 12.7 Å². The molecule has 0 aliphatic rings. The van der Waals surface area contributed by atoms with E-state index in [1.54, 1.807) is 12.1 Å². The highest BCUT2D eigenvalue weighted by molar-refractivity contribution is 5.29. The summed E-state index contributed by atoms with van der Waals surface area (Å²) in [6, 6.07) is 5.15. The summed E-state index contributed by atoms with van der Waals surface area (Å²) in [6.07, 6.45) is 0.900. The third-order valence-corrected chi connectivity index (χ3v) is 2.78. The SMILES string of the molecule is CCC(NC)C(C)Oc1cc(C)ccc1F. The van der Waals surface area contributed by atoms with Gasteiger partial charge in [0.05, 0.1) is 0 Å². The molecule has 0 aliphatic heterocycles. The lowest BCUT2D eigenvalue weighted by Crippen LogP contribution is -2.38. The van der Waals surface area contributed by atoms with Crippen LogP contribution in [0.1, 0.15) is 25.8 Å². The highest BCUT2D eigenvalue weighted by atomic mass is 19.1. The molecule has 1 N–H and O–H groups in total. The Morgan fingerprint density at radius 2 is 2.12 bits per heavy atom. The van der Waals surface area contributed by atoms with Crippen LogP contribution in [0.2, 0.25) is 0 Å².